The molecule has 0 aliphatic heterocycles. The van der Waals surface area contributed by atoms with Crippen LogP contribution >= 0.6 is 0 Å². The van der Waals surface area contributed by atoms with Gasteiger partial charge in [0.05, 0.1) is 24.6 Å². The molecule has 2 aliphatic rings. The largest absolute Gasteiger partial charge is 0.462 e. The molecule has 0 radical (unpaired) electrons. The summed E-state index contributed by atoms with van der Waals surface area (Å²) in [6.07, 6.45) is 8.59. The van der Waals surface area contributed by atoms with Crippen LogP contribution in [0.15, 0.2) is 42.5 Å². The molecular weight excluding hydrogens is 482 g/mol. The Kier molecular flexibility index (Phi) is 9.56. The van der Waals surface area contributed by atoms with Gasteiger partial charge in [-0.15, -0.1) is 0 Å². The summed E-state index contributed by atoms with van der Waals surface area (Å²) in [5.74, 6) is 1.17. The number of nitrogens with zero attached hydrogens (tertiary/aromatic N) is 1. The molecule has 0 bridgehead atoms. The molecule has 0 saturated heterocycles. The van der Waals surface area contributed by atoms with Gasteiger partial charge in [-0.25, -0.2) is 4.79 Å². The normalized spacial score (nSPS) is 21.1. The molecule has 2 aromatic rings. The van der Waals surface area contributed by atoms with Crippen molar-refractivity contribution in [2.45, 2.75) is 117 Å². The maximum atomic E-state index is 14.1. The summed E-state index contributed by atoms with van der Waals surface area (Å²) in [4.78, 5) is 28.9. The molecule has 2 aromatic carbocycles. The SMILES string of the molecule is CCCCOC(=O)c1ccc2c(c1)CCC2N(C(=O)Cc1ccc(C(C)C)cc1)C1CCC(C(C)(C)C)CC1. The molecule has 1 fully saturated rings. The highest BCUT2D eigenvalue weighted by atomic mass is 16.5. The van der Waals surface area contributed by atoms with Crippen LogP contribution in [-0.2, 0) is 22.4 Å². The van der Waals surface area contributed by atoms with Gasteiger partial charge in [0.25, 0.3) is 0 Å². The summed E-state index contributed by atoms with van der Waals surface area (Å²) in [6.45, 7) is 14.0. The third kappa shape index (κ3) is 7.13. The van der Waals surface area contributed by atoms with Crippen molar-refractivity contribution in [2.24, 2.45) is 11.3 Å². The predicted octanol–water partition coefficient (Wildman–Crippen LogP) is 8.43. The minimum atomic E-state index is -0.243. The summed E-state index contributed by atoms with van der Waals surface area (Å²) in [5, 5.41) is 0. The van der Waals surface area contributed by atoms with E-state index in [1.165, 1.54) is 29.5 Å². The van der Waals surface area contributed by atoms with Gasteiger partial charge in [0, 0.05) is 6.04 Å². The smallest absolute Gasteiger partial charge is 0.338 e. The Hall–Kier alpha value is -2.62. The fraction of sp³-hybridized carbons (Fsp3) is 0.600. The molecule has 0 spiro atoms. The fourth-order valence-corrected chi connectivity index (χ4v) is 6.54. The number of hydrogen-bond acceptors (Lipinski definition) is 3. The molecule has 1 saturated carbocycles. The van der Waals surface area contributed by atoms with Crippen LogP contribution in [0.25, 0.3) is 0 Å². The summed E-state index contributed by atoms with van der Waals surface area (Å²) in [5.41, 5.74) is 5.71. The molecule has 0 N–H and O–H groups in total. The number of fused-ring (bicyclic) bond motifs is 1. The van der Waals surface area contributed by atoms with Crippen LogP contribution in [0.4, 0.5) is 0 Å². The topological polar surface area (TPSA) is 46.6 Å². The Bertz CT molecular complexity index is 1120. The van der Waals surface area contributed by atoms with E-state index >= 15 is 0 Å². The minimum absolute atomic E-state index is 0.0729. The van der Waals surface area contributed by atoms with Crippen molar-refractivity contribution in [3.63, 3.8) is 0 Å². The molecule has 2 aliphatic carbocycles. The van der Waals surface area contributed by atoms with Gasteiger partial charge in [-0.3, -0.25) is 4.79 Å². The number of carbonyl (C=O) groups is 2. The number of ether oxygens (including phenoxy) is 1. The maximum absolute atomic E-state index is 14.1. The molecule has 39 heavy (non-hydrogen) atoms. The molecule has 0 aromatic heterocycles. The van der Waals surface area contributed by atoms with Gasteiger partial charge in [-0.1, -0.05) is 78.3 Å². The van der Waals surface area contributed by atoms with Crippen LogP contribution < -0.4 is 0 Å². The van der Waals surface area contributed by atoms with E-state index in [-0.39, 0.29) is 24.0 Å². The van der Waals surface area contributed by atoms with Gasteiger partial charge in [0.2, 0.25) is 5.91 Å². The second kappa shape index (κ2) is 12.7. The average molecular weight is 532 g/mol. The van der Waals surface area contributed by atoms with Gasteiger partial charge in [0.1, 0.15) is 0 Å². The van der Waals surface area contributed by atoms with Crippen LogP contribution in [0, 0.1) is 11.3 Å². The van der Waals surface area contributed by atoms with Gasteiger partial charge < -0.3 is 9.64 Å². The number of aryl methyl sites for hydroxylation is 1. The zero-order valence-electron chi connectivity index (χ0n) is 25.1. The minimum Gasteiger partial charge on any atom is -0.462 e. The standard InChI is InChI=1S/C35H49NO3/c1-7-8-21-39-34(38)28-13-19-31-27(23-28)14-20-32(31)36(30-17-15-29(16-18-30)35(4,5)6)33(37)22-25-9-11-26(12-10-25)24(2)3/h9-13,19,23-24,29-30,32H,7-8,14-18,20-22H2,1-6H3. The van der Waals surface area contributed by atoms with Crippen LogP contribution in [0.3, 0.4) is 0 Å². The Morgan fingerprint density at radius 2 is 1.67 bits per heavy atom. The Labute approximate surface area is 236 Å². The van der Waals surface area contributed by atoms with E-state index in [1.54, 1.807) is 0 Å². The van der Waals surface area contributed by atoms with Crippen molar-refractivity contribution in [3.05, 3.63) is 70.3 Å². The first-order chi connectivity index (χ1) is 18.6. The molecule has 212 valence electrons. The Morgan fingerprint density at radius 1 is 0.974 bits per heavy atom. The van der Waals surface area contributed by atoms with Crippen LogP contribution in [-0.4, -0.2) is 29.4 Å². The molecule has 1 amide bonds. The highest BCUT2D eigenvalue weighted by Gasteiger charge is 2.39. The third-order valence-corrected chi connectivity index (χ3v) is 9.10. The second-order valence-corrected chi connectivity index (χ2v) is 13.2. The number of carbonyl (C=O) groups excluding carboxylic acids is 2. The number of hydrogen-bond donors (Lipinski definition) is 0. The van der Waals surface area contributed by atoms with Gasteiger partial charge in [-0.2, -0.15) is 0 Å². The lowest BCUT2D eigenvalue weighted by molar-refractivity contribution is -0.137. The van der Waals surface area contributed by atoms with Crippen molar-refractivity contribution in [3.8, 4) is 0 Å². The van der Waals surface area contributed by atoms with Crippen molar-refractivity contribution >= 4 is 11.9 Å². The lowest BCUT2D eigenvalue weighted by Gasteiger charge is -2.43. The average Bonchev–Trinajstić information content (AvgIpc) is 3.32. The predicted molar refractivity (Wildman–Crippen MR) is 159 cm³/mol. The first-order valence-corrected chi connectivity index (χ1v) is 15.3. The number of benzene rings is 2. The van der Waals surface area contributed by atoms with Crippen LogP contribution in [0.2, 0.25) is 0 Å². The Balaban J connectivity index is 1.56. The number of unbranched alkanes of at least 4 members (excludes halogenated alkanes) is 1. The zero-order valence-corrected chi connectivity index (χ0v) is 25.1. The Morgan fingerprint density at radius 3 is 2.28 bits per heavy atom. The number of rotatable bonds is 9. The van der Waals surface area contributed by atoms with E-state index < -0.39 is 0 Å². The molecule has 1 atom stereocenters. The van der Waals surface area contributed by atoms with E-state index in [0.29, 0.717) is 35.8 Å². The van der Waals surface area contributed by atoms with E-state index in [1.807, 2.05) is 12.1 Å². The molecule has 4 rings (SSSR count). The molecule has 0 heterocycles. The van der Waals surface area contributed by atoms with Crippen molar-refractivity contribution in [1.82, 2.24) is 4.90 Å². The van der Waals surface area contributed by atoms with Crippen LogP contribution in [0.1, 0.15) is 131 Å². The van der Waals surface area contributed by atoms with Crippen molar-refractivity contribution in [1.29, 1.82) is 0 Å². The summed E-state index contributed by atoms with van der Waals surface area (Å²) < 4.78 is 5.46. The third-order valence-electron chi connectivity index (χ3n) is 9.10. The molecule has 4 nitrogen and oxygen atoms in total. The van der Waals surface area contributed by atoms with E-state index in [0.717, 1.165) is 44.1 Å². The lowest BCUT2D eigenvalue weighted by Crippen LogP contribution is -2.45. The maximum Gasteiger partial charge on any atom is 0.338 e. The monoisotopic (exact) mass is 531 g/mol. The molecular formula is C35H49NO3. The number of esters is 1. The molecule has 1 unspecified atom stereocenters. The highest BCUT2D eigenvalue weighted by Crippen LogP contribution is 2.44. The van der Waals surface area contributed by atoms with Crippen molar-refractivity contribution in [2.75, 3.05) is 6.61 Å². The van der Waals surface area contributed by atoms with E-state index in [4.69, 9.17) is 4.74 Å². The second-order valence-electron chi connectivity index (χ2n) is 13.2. The summed E-state index contributed by atoms with van der Waals surface area (Å²) >= 11 is 0. The quantitative estimate of drug-likeness (QED) is 0.241. The first kappa shape index (κ1) is 29.4. The first-order valence-electron chi connectivity index (χ1n) is 15.3. The van der Waals surface area contributed by atoms with Crippen LogP contribution in [0.5, 0.6) is 0 Å². The number of amides is 1. The van der Waals surface area contributed by atoms with Gasteiger partial charge in [-0.05, 0) is 96.6 Å². The summed E-state index contributed by atoms with van der Waals surface area (Å²) in [6, 6.07) is 14.9. The van der Waals surface area contributed by atoms with E-state index in [2.05, 4.69) is 76.8 Å². The van der Waals surface area contributed by atoms with Gasteiger partial charge in [0.15, 0.2) is 0 Å². The summed E-state index contributed by atoms with van der Waals surface area (Å²) in [7, 11) is 0. The molecule has 4 heteroatoms. The highest BCUT2D eigenvalue weighted by molar-refractivity contribution is 5.90. The lowest BCUT2D eigenvalue weighted by atomic mass is 9.71. The van der Waals surface area contributed by atoms with Crippen molar-refractivity contribution < 1.29 is 14.3 Å². The van der Waals surface area contributed by atoms with Gasteiger partial charge >= 0.3 is 5.97 Å². The van der Waals surface area contributed by atoms with E-state index in [9.17, 15) is 9.59 Å². The fourth-order valence-electron chi connectivity index (χ4n) is 6.54. The zero-order chi connectivity index (χ0) is 28.2.